The summed E-state index contributed by atoms with van der Waals surface area (Å²) in [6.07, 6.45) is 0.649. The summed E-state index contributed by atoms with van der Waals surface area (Å²) >= 11 is 0. The van der Waals surface area contributed by atoms with E-state index >= 15 is 0 Å². The lowest BCUT2D eigenvalue weighted by atomic mass is 10.1. The molecule has 1 atom stereocenters. The van der Waals surface area contributed by atoms with E-state index in [9.17, 15) is 14.4 Å². The zero-order chi connectivity index (χ0) is 15.8. The van der Waals surface area contributed by atoms with Crippen LogP contribution in [0.5, 0.6) is 0 Å². The average Bonchev–Trinajstić information content (AvgIpc) is 2.50. The van der Waals surface area contributed by atoms with Gasteiger partial charge in [0.1, 0.15) is 6.04 Å². The van der Waals surface area contributed by atoms with Gasteiger partial charge in [-0.3, -0.25) is 4.79 Å². The topological polar surface area (TPSA) is 130 Å². The first kappa shape index (κ1) is 14.0. The maximum Gasteiger partial charge on any atom is 0.336 e. The molecule has 0 saturated heterocycles. The normalized spacial score (nSPS) is 12.2. The molecule has 0 aliphatic carbocycles. The smallest absolute Gasteiger partial charge is 0.336 e. The van der Waals surface area contributed by atoms with Crippen LogP contribution in [0, 0.1) is 0 Å². The fourth-order valence-corrected chi connectivity index (χ4v) is 1.67. The monoisotopic (exact) mass is 281 g/mol. The average molecular weight is 281 g/mol. The van der Waals surface area contributed by atoms with Gasteiger partial charge in [-0.2, -0.15) is 0 Å². The van der Waals surface area contributed by atoms with Gasteiger partial charge in [-0.15, -0.1) is 0 Å². The summed E-state index contributed by atoms with van der Waals surface area (Å²) in [5.41, 5.74) is 5.09. The minimum absolute atomic E-state index is 0.0690. The van der Waals surface area contributed by atoms with Gasteiger partial charge < -0.3 is 21.3 Å². The first-order valence-corrected chi connectivity index (χ1v) is 6.01. The van der Waals surface area contributed by atoms with Crippen molar-refractivity contribution in [1.29, 1.82) is 1.43 Å². The Kier molecular flexibility index (Phi) is 5.08. The number of aromatic carboxylic acids is 1. The molecular weight excluding hydrogens is 264 g/mol. The molecule has 1 amide bonds. The van der Waals surface area contributed by atoms with Crippen LogP contribution in [0.15, 0.2) is 24.3 Å². The van der Waals surface area contributed by atoms with Gasteiger partial charge in [0.25, 0.3) is 7.34 Å². The van der Waals surface area contributed by atoms with Gasteiger partial charge in [0.2, 0.25) is 0 Å². The van der Waals surface area contributed by atoms with E-state index in [1.165, 1.54) is 24.3 Å². The zero-order valence-corrected chi connectivity index (χ0v) is 10.7. The van der Waals surface area contributed by atoms with E-state index in [2.05, 4.69) is 10.4 Å². The second kappa shape index (κ2) is 7.25. The maximum atomic E-state index is 12.1. The van der Waals surface area contributed by atoms with Crippen molar-refractivity contribution in [2.75, 3.05) is 6.54 Å². The number of aliphatic carboxylic acids is 1. The highest BCUT2D eigenvalue weighted by molar-refractivity contribution is 6.05. The molecule has 0 spiro atoms. The summed E-state index contributed by atoms with van der Waals surface area (Å²) in [5.74, 6) is -2.90. The van der Waals surface area contributed by atoms with E-state index in [0.29, 0.717) is 13.0 Å². The van der Waals surface area contributed by atoms with Crippen molar-refractivity contribution in [3.05, 3.63) is 35.4 Å². The van der Waals surface area contributed by atoms with Gasteiger partial charge in [0.05, 0.1) is 11.1 Å². The molecule has 0 fully saturated rings. The van der Waals surface area contributed by atoms with E-state index in [4.69, 9.17) is 12.3 Å². The Balaban J connectivity index is 2.91. The maximum absolute atomic E-state index is 12.1. The summed E-state index contributed by atoms with van der Waals surface area (Å²) in [4.78, 5) is 34.6. The lowest BCUT2D eigenvalue weighted by molar-refractivity contribution is -0.139. The molecule has 0 bridgehead atoms. The van der Waals surface area contributed by atoms with Crippen molar-refractivity contribution in [1.82, 2.24) is 5.32 Å². The first-order chi connectivity index (χ1) is 10.0. The Morgan fingerprint density at radius 1 is 1.30 bits per heavy atom. The van der Waals surface area contributed by atoms with Crippen LogP contribution in [0.1, 0.15) is 33.6 Å². The summed E-state index contributed by atoms with van der Waals surface area (Å²) < 4.78 is 6.61. The first-order valence-electron chi connectivity index (χ1n) is 6.42. The van der Waals surface area contributed by atoms with Gasteiger partial charge >= 0.3 is 11.9 Å². The third kappa shape index (κ3) is 4.06. The van der Waals surface area contributed by atoms with E-state index in [-0.39, 0.29) is 17.5 Å². The van der Waals surface area contributed by atoms with Gasteiger partial charge in [-0.05, 0) is 31.5 Å². The van der Waals surface area contributed by atoms with Crippen molar-refractivity contribution in [2.45, 2.75) is 18.9 Å². The Morgan fingerprint density at radius 2 is 1.95 bits per heavy atom. The third-order valence-electron chi connectivity index (χ3n) is 2.69. The van der Waals surface area contributed by atoms with Crippen LogP contribution < -0.4 is 11.1 Å². The molecule has 0 aliphatic heterocycles. The molecule has 20 heavy (non-hydrogen) atoms. The minimum Gasteiger partial charge on any atom is -0.480 e. The fourth-order valence-electron chi connectivity index (χ4n) is 1.67. The molecule has 108 valence electrons. The SMILES string of the molecule is [2H]OC(=O)[C@H](CCCN)NC(=O)c1ccccc1C(=O)O. The number of rotatable bonds is 7. The number of hydrogen-bond acceptors (Lipinski definition) is 5. The molecule has 1 aromatic rings. The third-order valence-corrected chi connectivity index (χ3v) is 2.69. The van der Waals surface area contributed by atoms with E-state index in [1.54, 1.807) is 0 Å². The zero-order valence-electron chi connectivity index (χ0n) is 11.7. The van der Waals surface area contributed by atoms with Crippen LogP contribution in [-0.4, -0.2) is 40.6 Å². The summed E-state index contributed by atoms with van der Waals surface area (Å²) in [7, 11) is 0. The molecule has 0 aliphatic rings. The van der Waals surface area contributed by atoms with Crippen LogP contribution >= 0.6 is 0 Å². The molecule has 0 aromatic heterocycles. The van der Waals surface area contributed by atoms with Crippen molar-refractivity contribution in [3.8, 4) is 0 Å². The second-order valence-corrected chi connectivity index (χ2v) is 4.13. The molecular formula is C13H16N2O5. The van der Waals surface area contributed by atoms with E-state index in [0.717, 1.165) is 0 Å². The Morgan fingerprint density at radius 3 is 2.50 bits per heavy atom. The number of hydrogen-bond donors (Lipinski definition) is 4. The molecule has 0 unspecified atom stereocenters. The quantitative estimate of drug-likeness (QED) is 0.569. The van der Waals surface area contributed by atoms with Crippen LogP contribution in [0.4, 0.5) is 0 Å². The molecule has 0 radical (unpaired) electrons. The van der Waals surface area contributed by atoms with Crippen molar-refractivity contribution < 1.29 is 24.6 Å². The molecule has 1 rings (SSSR count). The van der Waals surface area contributed by atoms with Gasteiger partial charge in [0, 0.05) is 0 Å². The highest BCUT2D eigenvalue weighted by Crippen LogP contribution is 2.09. The fraction of sp³-hybridized carbons (Fsp3) is 0.308. The van der Waals surface area contributed by atoms with Gasteiger partial charge in [-0.25, -0.2) is 9.59 Å². The van der Waals surface area contributed by atoms with E-state index in [1.807, 2.05) is 0 Å². The highest BCUT2D eigenvalue weighted by Gasteiger charge is 2.22. The van der Waals surface area contributed by atoms with Crippen molar-refractivity contribution in [3.63, 3.8) is 0 Å². The lowest BCUT2D eigenvalue weighted by Gasteiger charge is -2.14. The van der Waals surface area contributed by atoms with Crippen LogP contribution in [0.3, 0.4) is 0 Å². The number of carbonyl (C=O) groups excluding carboxylic acids is 1. The molecule has 0 heterocycles. The Hall–Kier alpha value is -2.41. The minimum atomic E-state index is -1.25. The van der Waals surface area contributed by atoms with Crippen LogP contribution in [-0.2, 0) is 4.79 Å². The largest absolute Gasteiger partial charge is 0.480 e. The number of nitrogens with two attached hydrogens (primary N) is 1. The number of carboxylic acids is 2. The summed E-state index contributed by atoms with van der Waals surface area (Å²) in [5, 5.41) is 15.3. The molecule has 7 nitrogen and oxygen atoms in total. The highest BCUT2D eigenvalue weighted by atomic mass is 16.4. The molecule has 0 saturated carbocycles. The Bertz CT molecular complexity index is 535. The summed E-state index contributed by atoms with van der Waals surface area (Å²) in [6, 6.07) is 4.59. The van der Waals surface area contributed by atoms with Crippen LogP contribution in [0.25, 0.3) is 1.43 Å². The van der Waals surface area contributed by atoms with Crippen molar-refractivity contribution >= 4 is 17.8 Å². The number of carboxylic acid groups (broad SMARTS) is 2. The second-order valence-electron chi connectivity index (χ2n) is 4.13. The molecule has 1 aromatic carbocycles. The van der Waals surface area contributed by atoms with Crippen molar-refractivity contribution in [2.24, 2.45) is 5.73 Å². The predicted molar refractivity (Wildman–Crippen MR) is 70.6 cm³/mol. The predicted octanol–water partition coefficient (Wildman–Crippen LogP) is 0.307. The standard InChI is InChI=1S/C13H16N2O5/c14-7-3-6-10(13(19)20)15-11(16)8-4-1-2-5-9(8)12(17)18/h1-2,4-5,10H,3,6-7,14H2,(H,15,16)(H,17,18)(H,19,20)/t10-/m0/s1/i/hD. The summed E-state index contributed by atoms with van der Waals surface area (Å²) in [6.45, 7) is 0.309. The van der Waals surface area contributed by atoms with Gasteiger partial charge in [0.15, 0.2) is 0 Å². The molecule has 7 heteroatoms. The van der Waals surface area contributed by atoms with Gasteiger partial charge in [-0.1, -0.05) is 12.1 Å². The number of nitrogens with one attached hydrogen (secondary N) is 1. The van der Waals surface area contributed by atoms with E-state index < -0.39 is 23.9 Å². The number of benzene rings is 1. The van der Waals surface area contributed by atoms with Crippen LogP contribution in [0.2, 0.25) is 0 Å². The number of amides is 1. The number of carbonyl (C=O) groups is 3. The lowest BCUT2D eigenvalue weighted by Crippen LogP contribution is -2.41. The molecule has 5 N–H and O–H groups in total. The Labute approximate surface area is 116 Å².